The minimum absolute atomic E-state index is 0.264. The second-order valence-electron chi connectivity index (χ2n) is 5.46. The Hall–Kier alpha value is -3.18. The molecule has 1 nitrogen and oxygen atoms in total. The van der Waals surface area contributed by atoms with E-state index in [-0.39, 0.29) is 5.82 Å². The third kappa shape index (κ3) is 2.06. The number of benzene rings is 4. The summed E-state index contributed by atoms with van der Waals surface area (Å²) in [6.07, 6.45) is 0. The van der Waals surface area contributed by atoms with Gasteiger partial charge in [0, 0.05) is 10.8 Å². The Balaban J connectivity index is 2.28. The van der Waals surface area contributed by atoms with Crippen LogP contribution in [-0.2, 0) is 0 Å². The highest BCUT2D eigenvalue weighted by Crippen LogP contribution is 2.38. The van der Waals surface area contributed by atoms with Crippen LogP contribution < -0.4 is 0 Å². The van der Waals surface area contributed by atoms with Gasteiger partial charge in [-0.15, -0.1) is 0 Å². The van der Waals surface area contributed by atoms with E-state index in [2.05, 4.69) is 6.07 Å². The molecule has 0 amide bonds. The van der Waals surface area contributed by atoms with Crippen LogP contribution in [0.5, 0.6) is 0 Å². The van der Waals surface area contributed by atoms with Gasteiger partial charge in [-0.2, -0.15) is 5.26 Å². The monoisotopic (exact) mass is 297 g/mol. The van der Waals surface area contributed by atoms with Gasteiger partial charge in [0.1, 0.15) is 11.9 Å². The number of nitriles is 1. The highest BCUT2D eigenvalue weighted by Gasteiger charge is 2.14. The lowest BCUT2D eigenvalue weighted by atomic mass is 9.89. The smallest absolute Gasteiger partial charge is 0.123 e. The van der Waals surface area contributed by atoms with E-state index < -0.39 is 0 Å². The van der Waals surface area contributed by atoms with E-state index in [0.717, 1.165) is 32.7 Å². The summed E-state index contributed by atoms with van der Waals surface area (Å²) >= 11 is 0. The van der Waals surface area contributed by atoms with Crippen molar-refractivity contribution in [1.82, 2.24) is 0 Å². The molecule has 4 aromatic rings. The van der Waals surface area contributed by atoms with Crippen molar-refractivity contribution in [2.45, 2.75) is 0 Å². The number of hydrogen-bond donors (Lipinski definition) is 0. The van der Waals surface area contributed by atoms with Crippen LogP contribution in [0.1, 0.15) is 5.56 Å². The predicted octanol–water partition coefficient (Wildman–Crippen LogP) is 5.67. The molecule has 0 saturated carbocycles. The van der Waals surface area contributed by atoms with E-state index in [9.17, 15) is 9.65 Å². The fourth-order valence-corrected chi connectivity index (χ4v) is 3.20. The summed E-state index contributed by atoms with van der Waals surface area (Å²) in [5, 5.41) is 13.4. The van der Waals surface area contributed by atoms with Gasteiger partial charge in [0.2, 0.25) is 0 Å². The lowest BCUT2D eigenvalue weighted by Crippen LogP contribution is -1.90. The van der Waals surface area contributed by atoms with Crippen LogP contribution in [0.3, 0.4) is 0 Å². The van der Waals surface area contributed by atoms with Crippen LogP contribution >= 0.6 is 0 Å². The van der Waals surface area contributed by atoms with Crippen molar-refractivity contribution < 1.29 is 4.39 Å². The van der Waals surface area contributed by atoms with E-state index >= 15 is 0 Å². The third-order valence-electron chi connectivity index (χ3n) is 4.16. The molecular formula is C21H12FN. The van der Waals surface area contributed by atoms with E-state index in [1.165, 1.54) is 6.07 Å². The predicted molar refractivity (Wildman–Crippen MR) is 91.6 cm³/mol. The minimum Gasteiger partial charge on any atom is -0.207 e. The van der Waals surface area contributed by atoms with Gasteiger partial charge in [0.25, 0.3) is 0 Å². The molecule has 0 bridgehead atoms. The largest absolute Gasteiger partial charge is 0.207 e. The van der Waals surface area contributed by atoms with E-state index in [1.54, 1.807) is 12.1 Å². The standard InChI is InChI=1S/C21H12FN/c22-15-7-5-6-14(12-15)21-18-10-3-1-8-16(18)20(13-23)17-9-2-4-11-19(17)21/h1-12H. The van der Waals surface area contributed by atoms with Crippen molar-refractivity contribution in [3.8, 4) is 17.2 Å². The summed E-state index contributed by atoms with van der Waals surface area (Å²) in [6, 6.07) is 24.5. The molecule has 0 aliphatic heterocycles. The first-order valence-corrected chi connectivity index (χ1v) is 7.39. The van der Waals surface area contributed by atoms with Gasteiger partial charge in [-0.1, -0.05) is 60.7 Å². The SMILES string of the molecule is N#Cc1c2ccccc2c(-c2cccc(F)c2)c2ccccc12. The first-order valence-electron chi connectivity index (χ1n) is 7.39. The molecule has 0 heterocycles. The Morgan fingerprint density at radius 3 is 1.78 bits per heavy atom. The van der Waals surface area contributed by atoms with Crippen LogP contribution in [0.25, 0.3) is 32.7 Å². The molecule has 4 rings (SSSR count). The molecule has 0 aromatic heterocycles. The first-order chi connectivity index (χ1) is 11.3. The summed E-state index contributed by atoms with van der Waals surface area (Å²) < 4.78 is 13.7. The molecule has 0 atom stereocenters. The maximum absolute atomic E-state index is 13.7. The van der Waals surface area contributed by atoms with Crippen molar-refractivity contribution >= 4 is 21.5 Å². The fraction of sp³-hybridized carbons (Fsp3) is 0. The summed E-state index contributed by atoms with van der Waals surface area (Å²) in [5.41, 5.74) is 2.45. The van der Waals surface area contributed by atoms with Gasteiger partial charge in [-0.05, 0) is 34.0 Å². The Morgan fingerprint density at radius 1 is 0.696 bits per heavy atom. The van der Waals surface area contributed by atoms with Gasteiger partial charge >= 0.3 is 0 Å². The van der Waals surface area contributed by atoms with Gasteiger partial charge < -0.3 is 0 Å². The quantitative estimate of drug-likeness (QED) is 0.415. The summed E-state index contributed by atoms with van der Waals surface area (Å²) in [5.74, 6) is -0.264. The number of hydrogen-bond acceptors (Lipinski definition) is 1. The molecule has 0 unspecified atom stereocenters. The summed E-state index contributed by atoms with van der Waals surface area (Å²) in [6.45, 7) is 0. The number of nitrogens with zero attached hydrogens (tertiary/aromatic N) is 1. The Bertz CT molecular complexity index is 1030. The van der Waals surface area contributed by atoms with Gasteiger partial charge in [-0.3, -0.25) is 0 Å². The topological polar surface area (TPSA) is 23.8 Å². The second-order valence-corrected chi connectivity index (χ2v) is 5.46. The number of halogens is 1. The zero-order valence-electron chi connectivity index (χ0n) is 12.3. The van der Waals surface area contributed by atoms with Gasteiger partial charge in [0.15, 0.2) is 0 Å². The molecule has 0 aliphatic carbocycles. The lowest BCUT2D eigenvalue weighted by Gasteiger charge is -2.14. The lowest BCUT2D eigenvalue weighted by molar-refractivity contribution is 0.628. The molecule has 108 valence electrons. The molecule has 23 heavy (non-hydrogen) atoms. The van der Waals surface area contributed by atoms with Crippen molar-refractivity contribution in [3.63, 3.8) is 0 Å². The van der Waals surface area contributed by atoms with E-state index in [1.807, 2.05) is 54.6 Å². The van der Waals surface area contributed by atoms with Crippen molar-refractivity contribution in [3.05, 3.63) is 84.2 Å². The second kappa shape index (κ2) is 5.23. The molecule has 4 aromatic carbocycles. The minimum atomic E-state index is -0.264. The molecule has 0 N–H and O–H groups in total. The van der Waals surface area contributed by atoms with Crippen molar-refractivity contribution in [2.75, 3.05) is 0 Å². The van der Waals surface area contributed by atoms with Crippen molar-refractivity contribution in [1.29, 1.82) is 5.26 Å². The molecule has 0 saturated heterocycles. The van der Waals surface area contributed by atoms with Crippen molar-refractivity contribution in [2.24, 2.45) is 0 Å². The molecule has 0 fully saturated rings. The van der Waals surface area contributed by atoms with Crippen LogP contribution in [0, 0.1) is 17.1 Å². The highest BCUT2D eigenvalue weighted by atomic mass is 19.1. The van der Waals surface area contributed by atoms with Crippen LogP contribution in [0.15, 0.2) is 72.8 Å². The Labute approximate surface area is 133 Å². The van der Waals surface area contributed by atoms with Crippen LogP contribution in [-0.4, -0.2) is 0 Å². The summed E-state index contributed by atoms with van der Waals surface area (Å²) in [4.78, 5) is 0. The van der Waals surface area contributed by atoms with Gasteiger partial charge in [0.05, 0.1) is 5.56 Å². The zero-order valence-corrected chi connectivity index (χ0v) is 12.3. The molecule has 2 heteroatoms. The molecule has 0 radical (unpaired) electrons. The average Bonchev–Trinajstić information content (AvgIpc) is 2.59. The normalized spacial score (nSPS) is 10.8. The van der Waals surface area contributed by atoms with E-state index in [0.29, 0.717) is 5.56 Å². The molecule has 0 aliphatic rings. The third-order valence-corrected chi connectivity index (χ3v) is 4.16. The highest BCUT2D eigenvalue weighted by molar-refractivity contribution is 6.16. The van der Waals surface area contributed by atoms with Crippen LogP contribution in [0.4, 0.5) is 4.39 Å². The maximum Gasteiger partial charge on any atom is 0.123 e. The number of fused-ring (bicyclic) bond motifs is 2. The molecular weight excluding hydrogens is 285 g/mol. The Kier molecular flexibility index (Phi) is 3.06. The molecule has 0 spiro atoms. The van der Waals surface area contributed by atoms with Gasteiger partial charge in [-0.25, -0.2) is 4.39 Å². The Morgan fingerprint density at radius 2 is 1.26 bits per heavy atom. The maximum atomic E-state index is 13.7. The zero-order chi connectivity index (χ0) is 15.8. The number of rotatable bonds is 1. The summed E-state index contributed by atoms with van der Waals surface area (Å²) in [7, 11) is 0. The van der Waals surface area contributed by atoms with E-state index in [4.69, 9.17) is 0 Å². The first kappa shape index (κ1) is 13.5. The average molecular weight is 297 g/mol. The fourth-order valence-electron chi connectivity index (χ4n) is 3.20. The van der Waals surface area contributed by atoms with Crippen LogP contribution in [0.2, 0.25) is 0 Å².